The molecule has 26 heavy (non-hydrogen) atoms. The van der Waals surface area contributed by atoms with Crippen LogP contribution >= 0.6 is 0 Å². The molecule has 3 aromatic carbocycles. The van der Waals surface area contributed by atoms with Crippen molar-refractivity contribution in [1.29, 1.82) is 0 Å². The van der Waals surface area contributed by atoms with Crippen molar-refractivity contribution in [3.05, 3.63) is 94.0 Å². The lowest BCUT2D eigenvalue weighted by atomic mass is 9.88. The first kappa shape index (κ1) is 15.8. The van der Waals surface area contributed by atoms with Crippen LogP contribution in [0.2, 0.25) is 0 Å². The molecule has 4 rings (SSSR count). The molecule has 3 aromatic rings. The van der Waals surface area contributed by atoms with Crippen molar-refractivity contribution in [3.8, 4) is 17.2 Å². The molecule has 1 aliphatic heterocycles. The minimum atomic E-state index is -0.633. The third-order valence-corrected chi connectivity index (χ3v) is 4.18. The largest absolute Gasteiger partial charge is 0.457 e. The molecule has 0 N–H and O–H groups in total. The fraction of sp³-hybridized carbons (Fsp3) is 0.0500. The summed E-state index contributed by atoms with van der Waals surface area (Å²) < 4.78 is 11.4. The summed E-state index contributed by atoms with van der Waals surface area (Å²) in [7, 11) is 0. The normalized spacial score (nSPS) is 12.5. The van der Waals surface area contributed by atoms with Crippen LogP contribution in [0.15, 0.2) is 72.8 Å². The van der Waals surface area contributed by atoms with Crippen LogP contribution in [0.1, 0.15) is 17.0 Å². The van der Waals surface area contributed by atoms with Crippen LogP contribution in [0.3, 0.4) is 0 Å². The summed E-state index contributed by atoms with van der Waals surface area (Å²) in [6, 6.07) is 20.0. The van der Waals surface area contributed by atoms with Crippen LogP contribution < -0.4 is 9.47 Å². The number of rotatable bonds is 3. The van der Waals surface area contributed by atoms with Crippen LogP contribution in [-0.4, -0.2) is 10.9 Å². The molecule has 1 heterocycles. The van der Waals surface area contributed by atoms with Crippen molar-refractivity contribution >= 4 is 11.7 Å². The Labute approximate surface area is 148 Å². The van der Waals surface area contributed by atoms with E-state index in [1.165, 1.54) is 24.3 Å². The number of non-ortho nitro benzene ring substituents is 1. The van der Waals surface area contributed by atoms with E-state index >= 15 is 0 Å². The number of hydrogen-bond acceptors (Lipinski definition) is 5. The summed E-state index contributed by atoms with van der Waals surface area (Å²) in [5.41, 5.74) is 1.38. The predicted octanol–water partition coefficient (Wildman–Crippen LogP) is 4.44. The molecule has 0 aromatic heterocycles. The molecular formula is C20H13NO5. The van der Waals surface area contributed by atoms with Gasteiger partial charge in [-0.1, -0.05) is 36.4 Å². The molecule has 6 heteroatoms. The molecular weight excluding hydrogens is 334 g/mol. The van der Waals surface area contributed by atoms with Crippen molar-refractivity contribution in [1.82, 2.24) is 0 Å². The third kappa shape index (κ3) is 2.77. The Bertz CT molecular complexity index is 952. The molecule has 0 unspecified atom stereocenters. The van der Waals surface area contributed by atoms with E-state index in [-0.39, 0.29) is 11.4 Å². The number of carbonyl (C=O) groups excluding carboxylic acids is 1. The van der Waals surface area contributed by atoms with Crippen molar-refractivity contribution in [2.24, 2.45) is 0 Å². The summed E-state index contributed by atoms with van der Waals surface area (Å²) in [6.07, 6.45) is 0. The Morgan fingerprint density at radius 2 is 1.42 bits per heavy atom. The Hall–Kier alpha value is -3.67. The highest BCUT2D eigenvalue weighted by atomic mass is 16.6. The number of nitrogens with zero attached hydrogens (tertiary/aromatic N) is 1. The van der Waals surface area contributed by atoms with Gasteiger partial charge in [0.15, 0.2) is 0 Å². The molecule has 0 fully saturated rings. The highest BCUT2D eigenvalue weighted by Crippen LogP contribution is 2.44. The molecule has 0 aliphatic carbocycles. The van der Waals surface area contributed by atoms with Gasteiger partial charge in [-0.25, -0.2) is 0 Å². The second-order valence-electron chi connectivity index (χ2n) is 5.78. The Kier molecular flexibility index (Phi) is 3.85. The molecule has 0 saturated carbocycles. The topological polar surface area (TPSA) is 78.7 Å². The van der Waals surface area contributed by atoms with Gasteiger partial charge in [0, 0.05) is 23.3 Å². The molecule has 0 radical (unpaired) electrons. The van der Waals surface area contributed by atoms with Crippen molar-refractivity contribution in [2.45, 2.75) is 5.92 Å². The highest BCUT2D eigenvalue weighted by Gasteiger charge is 2.33. The van der Waals surface area contributed by atoms with Gasteiger partial charge >= 0.3 is 5.97 Å². The van der Waals surface area contributed by atoms with Crippen LogP contribution in [0.5, 0.6) is 17.2 Å². The van der Waals surface area contributed by atoms with Gasteiger partial charge in [0.2, 0.25) is 0 Å². The number of hydrogen-bond donors (Lipinski definition) is 0. The summed E-state index contributed by atoms with van der Waals surface area (Å²) in [5.74, 6) is 0.365. The van der Waals surface area contributed by atoms with Crippen LogP contribution in [-0.2, 0) is 4.79 Å². The van der Waals surface area contributed by atoms with Gasteiger partial charge < -0.3 is 9.47 Å². The Morgan fingerprint density at radius 3 is 1.96 bits per heavy atom. The molecule has 1 aliphatic rings. The quantitative estimate of drug-likeness (QED) is 0.303. The van der Waals surface area contributed by atoms with E-state index in [2.05, 4.69) is 0 Å². The molecule has 0 amide bonds. The zero-order chi connectivity index (χ0) is 18.1. The minimum absolute atomic E-state index is 0.0634. The number of fused-ring (bicyclic) bond motifs is 2. The number of nitro benzene ring substituents is 1. The van der Waals surface area contributed by atoms with E-state index in [1.807, 2.05) is 36.4 Å². The van der Waals surface area contributed by atoms with Gasteiger partial charge in [0.25, 0.3) is 5.69 Å². The zero-order valence-electron chi connectivity index (χ0n) is 13.5. The van der Waals surface area contributed by atoms with E-state index in [4.69, 9.17) is 9.47 Å². The zero-order valence-corrected chi connectivity index (χ0v) is 13.5. The molecule has 0 spiro atoms. The number of esters is 1. The first-order valence-corrected chi connectivity index (χ1v) is 7.95. The van der Waals surface area contributed by atoms with Crippen LogP contribution in [0.25, 0.3) is 0 Å². The minimum Gasteiger partial charge on any atom is -0.457 e. The third-order valence-electron chi connectivity index (χ3n) is 4.18. The van der Waals surface area contributed by atoms with E-state index in [0.29, 0.717) is 11.5 Å². The predicted molar refractivity (Wildman–Crippen MR) is 93.5 cm³/mol. The molecule has 6 nitrogen and oxygen atoms in total. The van der Waals surface area contributed by atoms with Gasteiger partial charge in [-0.15, -0.1) is 0 Å². The standard InChI is InChI=1S/C20H13NO5/c22-20(25-14-11-9-13(10-12-14)21(23)24)19-15-5-1-3-7-17(15)26-18-8-4-2-6-16(18)19/h1-12,19H. The molecule has 0 bridgehead atoms. The second kappa shape index (κ2) is 6.33. The number of nitro groups is 1. The second-order valence-corrected chi connectivity index (χ2v) is 5.78. The lowest BCUT2D eigenvalue weighted by molar-refractivity contribution is -0.384. The average molecular weight is 347 g/mol. The molecule has 0 saturated heterocycles. The summed E-state index contributed by atoms with van der Waals surface area (Å²) in [5, 5.41) is 10.7. The van der Waals surface area contributed by atoms with Crippen molar-refractivity contribution in [2.75, 3.05) is 0 Å². The Balaban J connectivity index is 1.68. The lowest BCUT2D eigenvalue weighted by Gasteiger charge is -2.26. The van der Waals surface area contributed by atoms with E-state index in [9.17, 15) is 14.9 Å². The summed E-state index contributed by atoms with van der Waals surface area (Å²) in [6.45, 7) is 0. The average Bonchev–Trinajstić information content (AvgIpc) is 2.66. The van der Waals surface area contributed by atoms with Gasteiger partial charge in [-0.3, -0.25) is 14.9 Å². The first-order chi connectivity index (χ1) is 12.6. The number of ether oxygens (including phenoxy) is 2. The Morgan fingerprint density at radius 1 is 0.885 bits per heavy atom. The summed E-state index contributed by atoms with van der Waals surface area (Å²) >= 11 is 0. The SMILES string of the molecule is O=C(Oc1ccc([N+](=O)[O-])cc1)C1c2ccccc2Oc2ccccc21. The molecule has 128 valence electrons. The van der Waals surface area contributed by atoms with Crippen LogP contribution in [0, 0.1) is 10.1 Å². The number of para-hydroxylation sites is 2. The number of carbonyl (C=O) groups is 1. The number of benzene rings is 3. The van der Waals surface area contributed by atoms with Gasteiger partial charge in [0.1, 0.15) is 23.2 Å². The van der Waals surface area contributed by atoms with Gasteiger partial charge in [-0.05, 0) is 24.3 Å². The van der Waals surface area contributed by atoms with Crippen molar-refractivity contribution in [3.63, 3.8) is 0 Å². The molecule has 0 atom stereocenters. The summed E-state index contributed by atoms with van der Waals surface area (Å²) in [4.78, 5) is 23.1. The maximum absolute atomic E-state index is 12.9. The fourth-order valence-corrected chi connectivity index (χ4v) is 2.97. The lowest BCUT2D eigenvalue weighted by Crippen LogP contribution is -2.23. The maximum Gasteiger partial charge on any atom is 0.323 e. The maximum atomic E-state index is 12.9. The fourth-order valence-electron chi connectivity index (χ4n) is 2.97. The monoisotopic (exact) mass is 347 g/mol. The van der Waals surface area contributed by atoms with Crippen LogP contribution in [0.4, 0.5) is 5.69 Å². The van der Waals surface area contributed by atoms with Gasteiger partial charge in [-0.2, -0.15) is 0 Å². The highest BCUT2D eigenvalue weighted by molar-refractivity contribution is 5.87. The smallest absolute Gasteiger partial charge is 0.323 e. The van der Waals surface area contributed by atoms with E-state index < -0.39 is 16.8 Å². The van der Waals surface area contributed by atoms with E-state index in [1.54, 1.807) is 12.1 Å². The first-order valence-electron chi connectivity index (χ1n) is 7.95. The van der Waals surface area contributed by atoms with Gasteiger partial charge in [0.05, 0.1) is 4.92 Å². The van der Waals surface area contributed by atoms with Crippen molar-refractivity contribution < 1.29 is 19.2 Å². The van der Waals surface area contributed by atoms with E-state index in [0.717, 1.165) is 11.1 Å².